The standard InChI is InChI=1S/C12H9BrF3N5O3/c13-6-7(17-5-18-8(6)12(14,15)16)9-19-24-11(23)21(9)10(22)20-3-1-2-4-20/h5H,1-4H2. The predicted molar refractivity (Wildman–Crippen MR) is 76.1 cm³/mol. The molecule has 24 heavy (non-hydrogen) atoms. The fraction of sp³-hybridized carbons (Fsp3) is 0.417. The quantitative estimate of drug-likeness (QED) is 0.718. The zero-order valence-electron chi connectivity index (χ0n) is 11.9. The molecule has 0 aliphatic carbocycles. The first kappa shape index (κ1) is 16.6. The molecule has 8 nitrogen and oxygen atoms in total. The van der Waals surface area contributed by atoms with E-state index in [-0.39, 0.29) is 5.69 Å². The van der Waals surface area contributed by atoms with Gasteiger partial charge in [-0.15, -0.1) is 0 Å². The molecular weight excluding hydrogens is 399 g/mol. The third-order valence-electron chi connectivity index (χ3n) is 3.44. The fourth-order valence-corrected chi connectivity index (χ4v) is 2.95. The molecule has 0 spiro atoms. The summed E-state index contributed by atoms with van der Waals surface area (Å²) in [5.41, 5.74) is -1.61. The normalized spacial score (nSPS) is 15.1. The van der Waals surface area contributed by atoms with E-state index in [4.69, 9.17) is 0 Å². The molecule has 2 aromatic heterocycles. The van der Waals surface area contributed by atoms with E-state index in [1.165, 1.54) is 4.90 Å². The molecule has 0 N–H and O–H groups in total. The Morgan fingerprint density at radius 3 is 2.54 bits per heavy atom. The van der Waals surface area contributed by atoms with Crippen molar-refractivity contribution in [2.45, 2.75) is 19.0 Å². The van der Waals surface area contributed by atoms with Crippen molar-refractivity contribution in [3.63, 3.8) is 0 Å². The molecule has 1 amide bonds. The zero-order valence-corrected chi connectivity index (χ0v) is 13.5. The average Bonchev–Trinajstić information content (AvgIpc) is 3.15. The van der Waals surface area contributed by atoms with Crippen LogP contribution in [0.4, 0.5) is 18.0 Å². The molecular formula is C12H9BrF3N5O3. The van der Waals surface area contributed by atoms with E-state index in [0.717, 1.165) is 12.8 Å². The van der Waals surface area contributed by atoms with Crippen LogP contribution in [0.3, 0.4) is 0 Å². The molecule has 128 valence electrons. The topological polar surface area (TPSA) is 94.1 Å². The van der Waals surface area contributed by atoms with Gasteiger partial charge in [-0.25, -0.2) is 19.6 Å². The van der Waals surface area contributed by atoms with Crippen molar-refractivity contribution in [2.24, 2.45) is 0 Å². The second-order valence-corrected chi connectivity index (χ2v) is 5.76. The van der Waals surface area contributed by atoms with Crippen LogP contribution in [-0.4, -0.2) is 43.7 Å². The minimum absolute atomic E-state index is 0.365. The van der Waals surface area contributed by atoms with Gasteiger partial charge >= 0.3 is 18.0 Å². The summed E-state index contributed by atoms with van der Waals surface area (Å²) in [6.45, 7) is 0.878. The summed E-state index contributed by atoms with van der Waals surface area (Å²) < 4.78 is 43.3. The van der Waals surface area contributed by atoms with Crippen LogP contribution in [0.5, 0.6) is 0 Å². The summed E-state index contributed by atoms with van der Waals surface area (Å²) in [6, 6.07) is -0.715. The second-order valence-electron chi connectivity index (χ2n) is 4.97. The van der Waals surface area contributed by atoms with Crippen LogP contribution in [-0.2, 0) is 6.18 Å². The molecule has 1 saturated heterocycles. The lowest BCUT2D eigenvalue weighted by Gasteiger charge is -2.15. The van der Waals surface area contributed by atoms with E-state index < -0.39 is 34.0 Å². The van der Waals surface area contributed by atoms with Crippen LogP contribution in [0.2, 0.25) is 0 Å². The SMILES string of the molecule is O=C(N1CCCC1)n1c(-c2ncnc(C(F)(F)F)c2Br)noc1=O. The van der Waals surface area contributed by atoms with Crippen molar-refractivity contribution in [3.05, 3.63) is 27.0 Å². The van der Waals surface area contributed by atoms with E-state index in [1.54, 1.807) is 0 Å². The highest BCUT2D eigenvalue weighted by Crippen LogP contribution is 2.36. The molecule has 0 saturated carbocycles. The number of hydrogen-bond donors (Lipinski definition) is 0. The lowest BCUT2D eigenvalue weighted by molar-refractivity contribution is -0.141. The van der Waals surface area contributed by atoms with Gasteiger partial charge in [0.05, 0.1) is 4.47 Å². The fourth-order valence-electron chi connectivity index (χ4n) is 2.34. The average molecular weight is 408 g/mol. The smallest absolute Gasteiger partial charge is 0.324 e. The summed E-state index contributed by atoms with van der Waals surface area (Å²) in [5, 5.41) is 3.40. The van der Waals surface area contributed by atoms with Gasteiger partial charge in [0.2, 0.25) is 5.82 Å². The summed E-state index contributed by atoms with van der Waals surface area (Å²) in [5.74, 6) is -1.52. The van der Waals surface area contributed by atoms with Gasteiger partial charge < -0.3 is 4.90 Å². The number of carbonyl (C=O) groups excluding carboxylic acids is 1. The van der Waals surface area contributed by atoms with Crippen LogP contribution in [0.15, 0.2) is 20.1 Å². The maximum Gasteiger partial charge on any atom is 0.450 e. The first-order valence-corrected chi connectivity index (χ1v) is 7.56. The molecule has 1 aliphatic heterocycles. The number of likely N-dealkylation sites (tertiary alicyclic amines) is 1. The molecule has 1 fully saturated rings. The van der Waals surface area contributed by atoms with Crippen LogP contribution in [0.1, 0.15) is 18.5 Å². The van der Waals surface area contributed by atoms with Crippen molar-refractivity contribution < 1.29 is 22.5 Å². The molecule has 3 rings (SSSR count). The van der Waals surface area contributed by atoms with Crippen LogP contribution >= 0.6 is 15.9 Å². The van der Waals surface area contributed by atoms with Crippen molar-refractivity contribution in [1.82, 2.24) is 24.6 Å². The van der Waals surface area contributed by atoms with Gasteiger partial charge in [0.15, 0.2) is 5.69 Å². The Labute approximate surface area is 140 Å². The highest BCUT2D eigenvalue weighted by molar-refractivity contribution is 9.10. The van der Waals surface area contributed by atoms with Crippen molar-refractivity contribution in [2.75, 3.05) is 13.1 Å². The lowest BCUT2D eigenvalue weighted by atomic mass is 10.3. The summed E-state index contributed by atoms with van der Waals surface area (Å²) in [4.78, 5) is 32.5. The van der Waals surface area contributed by atoms with Gasteiger partial charge in [0.25, 0.3) is 0 Å². The number of hydrogen-bond acceptors (Lipinski definition) is 6. The van der Waals surface area contributed by atoms with E-state index in [2.05, 4.69) is 35.6 Å². The van der Waals surface area contributed by atoms with Crippen LogP contribution in [0.25, 0.3) is 11.5 Å². The molecule has 0 unspecified atom stereocenters. The van der Waals surface area contributed by atoms with Crippen LogP contribution in [0, 0.1) is 0 Å². The van der Waals surface area contributed by atoms with Crippen molar-refractivity contribution >= 4 is 22.0 Å². The Morgan fingerprint density at radius 1 is 1.25 bits per heavy atom. The summed E-state index contributed by atoms with van der Waals surface area (Å²) in [7, 11) is 0. The van der Waals surface area contributed by atoms with Crippen molar-refractivity contribution in [3.8, 4) is 11.5 Å². The first-order chi connectivity index (χ1) is 11.3. The van der Waals surface area contributed by atoms with E-state index in [1.807, 2.05) is 0 Å². The number of halogens is 4. The van der Waals surface area contributed by atoms with Gasteiger partial charge in [0.1, 0.15) is 12.0 Å². The highest BCUT2D eigenvalue weighted by Gasteiger charge is 2.38. The van der Waals surface area contributed by atoms with Gasteiger partial charge in [0, 0.05) is 13.1 Å². The Bertz CT molecular complexity index is 841. The Balaban J connectivity index is 2.12. The van der Waals surface area contributed by atoms with Gasteiger partial charge in [-0.3, -0.25) is 4.52 Å². The molecule has 2 aromatic rings. The number of rotatable bonds is 1. The summed E-state index contributed by atoms with van der Waals surface area (Å²) in [6.07, 6.45) is -2.52. The molecule has 1 aliphatic rings. The minimum Gasteiger partial charge on any atom is -0.324 e. The number of amides is 1. The molecule has 0 aromatic carbocycles. The van der Waals surface area contributed by atoms with E-state index in [0.29, 0.717) is 24.0 Å². The Hall–Kier alpha value is -2.24. The Morgan fingerprint density at radius 2 is 1.92 bits per heavy atom. The zero-order chi connectivity index (χ0) is 17.5. The largest absolute Gasteiger partial charge is 0.450 e. The van der Waals surface area contributed by atoms with Gasteiger partial charge in [-0.05, 0) is 28.8 Å². The van der Waals surface area contributed by atoms with E-state index >= 15 is 0 Å². The Kier molecular flexibility index (Phi) is 4.15. The van der Waals surface area contributed by atoms with Gasteiger partial charge in [-0.2, -0.15) is 17.7 Å². The monoisotopic (exact) mass is 407 g/mol. The maximum atomic E-state index is 12.9. The minimum atomic E-state index is -4.75. The van der Waals surface area contributed by atoms with Crippen LogP contribution < -0.4 is 5.76 Å². The molecule has 12 heteroatoms. The first-order valence-electron chi connectivity index (χ1n) is 6.76. The third-order valence-corrected chi connectivity index (χ3v) is 4.19. The summed E-state index contributed by atoms with van der Waals surface area (Å²) >= 11 is 2.76. The number of nitrogens with zero attached hydrogens (tertiary/aromatic N) is 5. The molecule has 0 atom stereocenters. The molecule has 0 bridgehead atoms. The maximum absolute atomic E-state index is 12.9. The lowest BCUT2D eigenvalue weighted by Crippen LogP contribution is -2.37. The predicted octanol–water partition coefficient (Wildman–Crippen LogP) is 2.14. The van der Waals surface area contributed by atoms with Crippen molar-refractivity contribution in [1.29, 1.82) is 0 Å². The molecule has 3 heterocycles. The molecule has 0 radical (unpaired) electrons. The number of carbonyl (C=O) groups is 1. The highest BCUT2D eigenvalue weighted by atomic mass is 79.9. The van der Waals surface area contributed by atoms with E-state index in [9.17, 15) is 22.8 Å². The third kappa shape index (κ3) is 2.81. The number of alkyl halides is 3. The second kappa shape index (κ2) is 6.00. The van der Waals surface area contributed by atoms with Gasteiger partial charge in [-0.1, -0.05) is 5.16 Å². The number of aromatic nitrogens is 4.